The lowest BCUT2D eigenvalue weighted by atomic mass is 10.3. The zero-order valence-corrected chi connectivity index (χ0v) is 11.2. The van der Waals surface area contributed by atoms with Crippen molar-refractivity contribution in [1.82, 2.24) is 19.7 Å². The second kappa shape index (κ2) is 5.17. The molecule has 6 heteroatoms. The molecule has 0 bridgehead atoms. The van der Waals surface area contributed by atoms with E-state index in [1.807, 2.05) is 19.4 Å². The van der Waals surface area contributed by atoms with Gasteiger partial charge >= 0.3 is 0 Å². The van der Waals surface area contributed by atoms with E-state index < -0.39 is 0 Å². The quantitative estimate of drug-likeness (QED) is 0.840. The summed E-state index contributed by atoms with van der Waals surface area (Å²) in [6, 6.07) is 0. The Hall–Kier alpha value is -1.24. The molecule has 18 heavy (non-hydrogen) atoms. The van der Waals surface area contributed by atoms with Crippen molar-refractivity contribution >= 4 is 11.3 Å². The summed E-state index contributed by atoms with van der Waals surface area (Å²) in [5.41, 5.74) is 2.11. The van der Waals surface area contributed by atoms with Gasteiger partial charge in [0.1, 0.15) is 5.01 Å². The van der Waals surface area contributed by atoms with E-state index >= 15 is 0 Å². The minimum atomic E-state index is 0.834. The third-order valence-corrected chi connectivity index (χ3v) is 3.85. The second-order valence-corrected chi connectivity index (χ2v) is 5.36. The molecule has 0 saturated carbocycles. The number of hydrogen-bond donors (Lipinski definition) is 0. The standard InChI is InChI=1S/C12H16N4OS/c1-15-7-10(6-13-15)11-9-18-12(14-11)8-16-2-4-17-5-3-16/h6-7,9H,2-5,8H2,1H3. The SMILES string of the molecule is Cn1cc(-c2csc(CN3CCOCC3)n2)cn1. The lowest BCUT2D eigenvalue weighted by Gasteiger charge is -2.25. The van der Waals surface area contributed by atoms with E-state index in [0.717, 1.165) is 49.1 Å². The number of morpholine rings is 1. The van der Waals surface area contributed by atoms with Crippen molar-refractivity contribution in [3.63, 3.8) is 0 Å². The van der Waals surface area contributed by atoms with Gasteiger partial charge in [-0.3, -0.25) is 9.58 Å². The lowest BCUT2D eigenvalue weighted by Crippen LogP contribution is -2.35. The van der Waals surface area contributed by atoms with Crippen molar-refractivity contribution in [1.29, 1.82) is 0 Å². The van der Waals surface area contributed by atoms with E-state index in [9.17, 15) is 0 Å². The summed E-state index contributed by atoms with van der Waals surface area (Å²) in [5.74, 6) is 0. The fraction of sp³-hybridized carbons (Fsp3) is 0.500. The van der Waals surface area contributed by atoms with Crippen molar-refractivity contribution in [2.75, 3.05) is 26.3 Å². The molecular weight excluding hydrogens is 248 g/mol. The highest BCUT2D eigenvalue weighted by atomic mass is 32.1. The van der Waals surface area contributed by atoms with Crippen molar-refractivity contribution in [3.8, 4) is 11.3 Å². The van der Waals surface area contributed by atoms with Gasteiger partial charge in [-0.25, -0.2) is 4.98 Å². The van der Waals surface area contributed by atoms with E-state index in [1.54, 1.807) is 16.0 Å². The molecule has 2 aromatic heterocycles. The largest absolute Gasteiger partial charge is 0.379 e. The maximum Gasteiger partial charge on any atom is 0.107 e. The number of rotatable bonds is 3. The number of aryl methyl sites for hydroxylation is 1. The number of ether oxygens (including phenoxy) is 1. The fourth-order valence-corrected chi connectivity index (χ4v) is 2.86. The van der Waals surface area contributed by atoms with Crippen molar-refractivity contribution < 1.29 is 4.74 Å². The van der Waals surface area contributed by atoms with Crippen LogP contribution >= 0.6 is 11.3 Å². The molecule has 96 valence electrons. The van der Waals surface area contributed by atoms with Gasteiger partial charge in [0.25, 0.3) is 0 Å². The Morgan fingerprint density at radius 1 is 1.39 bits per heavy atom. The minimum Gasteiger partial charge on any atom is -0.379 e. The molecule has 0 unspecified atom stereocenters. The zero-order chi connectivity index (χ0) is 12.4. The van der Waals surface area contributed by atoms with Crippen LogP contribution in [0.15, 0.2) is 17.8 Å². The summed E-state index contributed by atoms with van der Waals surface area (Å²) in [4.78, 5) is 7.05. The smallest absolute Gasteiger partial charge is 0.107 e. The number of nitrogens with zero attached hydrogens (tertiary/aromatic N) is 4. The molecule has 0 atom stereocenters. The third kappa shape index (κ3) is 2.60. The van der Waals surface area contributed by atoms with Crippen LogP contribution in [0.25, 0.3) is 11.3 Å². The van der Waals surface area contributed by atoms with Crippen LogP contribution in [0.4, 0.5) is 0 Å². The Bertz CT molecular complexity index is 516. The van der Waals surface area contributed by atoms with Crippen molar-refractivity contribution in [2.24, 2.45) is 7.05 Å². The van der Waals surface area contributed by atoms with Crippen LogP contribution in [-0.2, 0) is 18.3 Å². The molecule has 1 aliphatic heterocycles. The third-order valence-electron chi connectivity index (χ3n) is 3.01. The van der Waals surface area contributed by atoms with E-state index in [0.29, 0.717) is 0 Å². The first-order chi connectivity index (χ1) is 8.81. The van der Waals surface area contributed by atoms with Gasteiger partial charge in [-0.1, -0.05) is 0 Å². The van der Waals surface area contributed by atoms with E-state index in [2.05, 4.69) is 20.4 Å². The van der Waals surface area contributed by atoms with Gasteiger partial charge in [0, 0.05) is 37.3 Å². The molecule has 0 radical (unpaired) electrons. The van der Waals surface area contributed by atoms with Gasteiger partial charge in [0.2, 0.25) is 0 Å². The van der Waals surface area contributed by atoms with Crippen LogP contribution in [0.5, 0.6) is 0 Å². The fourth-order valence-electron chi connectivity index (χ4n) is 2.02. The minimum absolute atomic E-state index is 0.834. The summed E-state index contributed by atoms with van der Waals surface area (Å²) in [7, 11) is 1.92. The molecule has 3 heterocycles. The molecule has 5 nitrogen and oxygen atoms in total. The van der Waals surface area contributed by atoms with Gasteiger partial charge in [-0.05, 0) is 0 Å². The predicted molar refractivity (Wildman–Crippen MR) is 70.4 cm³/mol. The molecule has 0 amide bonds. The summed E-state index contributed by atoms with van der Waals surface area (Å²) in [5, 5.41) is 7.44. The van der Waals surface area contributed by atoms with Gasteiger partial charge in [0.05, 0.1) is 31.6 Å². The highest BCUT2D eigenvalue weighted by molar-refractivity contribution is 7.09. The van der Waals surface area contributed by atoms with Crippen molar-refractivity contribution in [2.45, 2.75) is 6.54 Å². The van der Waals surface area contributed by atoms with Crippen LogP contribution < -0.4 is 0 Å². The Labute approximate surface area is 110 Å². The Morgan fingerprint density at radius 2 is 2.22 bits per heavy atom. The molecule has 0 spiro atoms. The Balaban J connectivity index is 1.69. The van der Waals surface area contributed by atoms with Crippen LogP contribution in [0.1, 0.15) is 5.01 Å². The summed E-state index contributed by atoms with van der Waals surface area (Å²) < 4.78 is 7.15. The van der Waals surface area contributed by atoms with Gasteiger partial charge in [-0.2, -0.15) is 5.10 Å². The summed E-state index contributed by atoms with van der Waals surface area (Å²) >= 11 is 1.72. The first-order valence-electron chi connectivity index (χ1n) is 6.05. The van der Waals surface area contributed by atoms with Crippen LogP contribution in [0.3, 0.4) is 0 Å². The maximum absolute atomic E-state index is 5.35. The van der Waals surface area contributed by atoms with Gasteiger partial charge < -0.3 is 4.74 Å². The van der Waals surface area contributed by atoms with Crippen LogP contribution in [0, 0.1) is 0 Å². The first-order valence-corrected chi connectivity index (χ1v) is 6.93. The highest BCUT2D eigenvalue weighted by Gasteiger charge is 2.13. The summed E-state index contributed by atoms with van der Waals surface area (Å²) in [6.45, 7) is 4.60. The first kappa shape index (κ1) is 11.8. The molecule has 1 saturated heterocycles. The van der Waals surface area contributed by atoms with Gasteiger partial charge in [-0.15, -0.1) is 11.3 Å². The molecule has 1 fully saturated rings. The molecule has 2 aromatic rings. The lowest BCUT2D eigenvalue weighted by molar-refractivity contribution is 0.0342. The van der Waals surface area contributed by atoms with Gasteiger partial charge in [0.15, 0.2) is 0 Å². The average molecular weight is 264 g/mol. The molecule has 0 N–H and O–H groups in total. The number of thiazole rings is 1. The van der Waals surface area contributed by atoms with E-state index in [4.69, 9.17) is 4.74 Å². The molecule has 0 aromatic carbocycles. The molecule has 3 rings (SSSR count). The monoisotopic (exact) mass is 264 g/mol. The Kier molecular flexibility index (Phi) is 3.40. The topological polar surface area (TPSA) is 43.2 Å². The predicted octanol–water partition coefficient (Wildman–Crippen LogP) is 1.38. The molecular formula is C12H16N4OS. The highest BCUT2D eigenvalue weighted by Crippen LogP contribution is 2.22. The maximum atomic E-state index is 5.35. The van der Waals surface area contributed by atoms with E-state index in [1.165, 1.54) is 0 Å². The van der Waals surface area contributed by atoms with Crippen LogP contribution in [-0.4, -0.2) is 46.0 Å². The van der Waals surface area contributed by atoms with E-state index in [-0.39, 0.29) is 0 Å². The normalized spacial score (nSPS) is 17.2. The number of aromatic nitrogens is 3. The number of hydrogen-bond acceptors (Lipinski definition) is 5. The summed E-state index contributed by atoms with van der Waals surface area (Å²) in [6.07, 6.45) is 3.85. The van der Waals surface area contributed by atoms with Crippen molar-refractivity contribution in [3.05, 3.63) is 22.8 Å². The molecule has 1 aliphatic rings. The Morgan fingerprint density at radius 3 is 2.94 bits per heavy atom. The average Bonchev–Trinajstić information content (AvgIpc) is 2.99. The second-order valence-electron chi connectivity index (χ2n) is 4.42. The zero-order valence-electron chi connectivity index (χ0n) is 10.4. The molecule has 0 aliphatic carbocycles. The van der Waals surface area contributed by atoms with Crippen LogP contribution in [0.2, 0.25) is 0 Å².